The van der Waals surface area contributed by atoms with Crippen LogP contribution in [0.25, 0.3) is 0 Å². The minimum absolute atomic E-state index is 0. The van der Waals surface area contributed by atoms with Gasteiger partial charge in [-0.25, -0.2) is 4.79 Å². The predicted octanol–water partition coefficient (Wildman–Crippen LogP) is -5.14. The van der Waals surface area contributed by atoms with Gasteiger partial charge in [0.2, 0.25) is 17.7 Å². The number of nitrogens with zero attached hydrogens (tertiary/aromatic N) is 5. The molecule has 2 rings (SSSR count). The molecular formula is C28H41EuN8O11+2. The van der Waals surface area contributed by atoms with Gasteiger partial charge in [0.05, 0.1) is 50.5 Å². The summed E-state index contributed by atoms with van der Waals surface area (Å²) >= 11 is 0. The fourth-order valence-electron chi connectivity index (χ4n) is 4.55. The van der Waals surface area contributed by atoms with E-state index in [0.717, 1.165) is 0 Å². The Labute approximate surface area is 317 Å². The number of pyridine rings is 1. The van der Waals surface area contributed by atoms with Crippen LogP contribution in [-0.2, 0) is 40.0 Å². The van der Waals surface area contributed by atoms with Crippen molar-refractivity contribution in [3.05, 3.63) is 29.6 Å². The average molecular weight is 818 g/mol. The van der Waals surface area contributed by atoms with Crippen LogP contribution >= 0.6 is 0 Å². The first-order valence-electron chi connectivity index (χ1n) is 14.7. The van der Waals surface area contributed by atoms with Gasteiger partial charge in [-0.1, -0.05) is 0 Å². The molecule has 264 valence electrons. The molecule has 5 N–H and O–H groups in total. The number of carboxylic acid groups (broad SMARTS) is 3. The van der Waals surface area contributed by atoms with Crippen molar-refractivity contribution in [2.24, 2.45) is 0 Å². The van der Waals surface area contributed by atoms with Gasteiger partial charge < -0.3 is 40.8 Å². The molecule has 1 aromatic rings. The van der Waals surface area contributed by atoms with E-state index in [1.54, 1.807) is 20.8 Å². The molecule has 1 aliphatic heterocycles. The molecule has 20 heteroatoms. The minimum Gasteiger partial charge on any atom is -0.548 e. The quantitative estimate of drug-likeness (QED) is 0.104. The molecule has 0 unspecified atom stereocenters. The molecular weight excluding hydrogens is 776 g/mol. The van der Waals surface area contributed by atoms with E-state index < -0.39 is 61.2 Å². The Morgan fingerprint density at radius 1 is 0.729 bits per heavy atom. The van der Waals surface area contributed by atoms with E-state index in [0.29, 0.717) is 37.4 Å². The second kappa shape index (κ2) is 23.3. The van der Waals surface area contributed by atoms with Crippen molar-refractivity contribution in [2.75, 3.05) is 98.7 Å². The fourth-order valence-corrected chi connectivity index (χ4v) is 4.55. The normalized spacial score (nSPS) is 15.4. The van der Waals surface area contributed by atoms with E-state index in [4.69, 9.17) is 14.9 Å². The van der Waals surface area contributed by atoms with E-state index in [9.17, 15) is 38.7 Å². The van der Waals surface area contributed by atoms with Crippen LogP contribution < -0.4 is 21.1 Å². The number of esters is 1. The van der Waals surface area contributed by atoms with Crippen LogP contribution in [0.4, 0.5) is 0 Å². The van der Waals surface area contributed by atoms with Gasteiger partial charge in [0.15, 0.2) is 0 Å². The topological polar surface area (TPSA) is 254 Å². The third kappa shape index (κ3) is 18.4. The van der Waals surface area contributed by atoms with E-state index >= 15 is 0 Å². The van der Waals surface area contributed by atoms with E-state index in [-0.39, 0.29) is 102 Å². The van der Waals surface area contributed by atoms with Gasteiger partial charge in [-0.3, -0.25) is 48.6 Å². The van der Waals surface area contributed by atoms with Crippen molar-refractivity contribution in [3.63, 3.8) is 0 Å². The van der Waals surface area contributed by atoms with Gasteiger partial charge in [0, 0.05) is 65.1 Å². The molecule has 48 heavy (non-hydrogen) atoms. The SMILES string of the molecule is COC(=O)c1ccnc(CN2CCN(CC(=O)NCC(=O)[O-])CCN(CC(=O)NCC(=O)O)CCN(CC(=O)NCC(=O)O)CC2)c1.[Eu+3]. The summed E-state index contributed by atoms with van der Waals surface area (Å²) in [5, 5.41) is 35.6. The number of carboxylic acids is 3. The molecule has 0 atom stereocenters. The minimum atomic E-state index is -1.44. The summed E-state index contributed by atoms with van der Waals surface area (Å²) in [6, 6.07) is 3.11. The second-order valence-electron chi connectivity index (χ2n) is 10.6. The number of carbonyl (C=O) groups excluding carboxylic acids is 5. The van der Waals surface area contributed by atoms with Gasteiger partial charge >= 0.3 is 67.3 Å². The molecule has 2 heterocycles. The number of amides is 3. The molecule has 3 amide bonds. The van der Waals surface area contributed by atoms with Gasteiger partial charge in [-0.15, -0.1) is 0 Å². The Kier molecular flexibility index (Phi) is 20.8. The van der Waals surface area contributed by atoms with Crippen molar-refractivity contribution in [1.82, 2.24) is 40.5 Å². The summed E-state index contributed by atoms with van der Waals surface area (Å²) in [6.45, 7) is 0.429. The molecule has 0 aromatic carbocycles. The summed E-state index contributed by atoms with van der Waals surface area (Å²) in [5.74, 6) is -6.00. The Morgan fingerprint density at radius 2 is 1.12 bits per heavy atom. The number of ether oxygens (including phenoxy) is 1. The maximum absolute atomic E-state index is 12.5. The number of carbonyl (C=O) groups is 7. The molecule has 1 saturated heterocycles. The molecule has 0 saturated carbocycles. The van der Waals surface area contributed by atoms with Crippen molar-refractivity contribution in [3.8, 4) is 0 Å². The number of rotatable bonds is 15. The Morgan fingerprint density at radius 3 is 1.50 bits per heavy atom. The first kappa shape index (κ1) is 42.9. The molecule has 0 radical (unpaired) electrons. The summed E-state index contributed by atoms with van der Waals surface area (Å²) in [7, 11) is 1.27. The van der Waals surface area contributed by atoms with Crippen LogP contribution in [0.3, 0.4) is 0 Å². The first-order valence-corrected chi connectivity index (χ1v) is 14.7. The zero-order valence-electron chi connectivity index (χ0n) is 26.5. The van der Waals surface area contributed by atoms with Crippen LogP contribution in [0.2, 0.25) is 0 Å². The zero-order chi connectivity index (χ0) is 34.8. The third-order valence-corrected chi connectivity index (χ3v) is 6.96. The Hall–Kier alpha value is -3.14. The largest absolute Gasteiger partial charge is 3.00 e. The van der Waals surface area contributed by atoms with Crippen LogP contribution in [0.5, 0.6) is 0 Å². The zero-order valence-corrected chi connectivity index (χ0v) is 28.9. The number of hydrogen-bond donors (Lipinski definition) is 5. The smallest absolute Gasteiger partial charge is 0.548 e. The maximum Gasteiger partial charge on any atom is 3.00 e. The van der Waals surface area contributed by atoms with Gasteiger partial charge in [0.1, 0.15) is 13.1 Å². The van der Waals surface area contributed by atoms with Crippen molar-refractivity contribution < 1.29 is 103 Å². The van der Waals surface area contributed by atoms with Gasteiger partial charge in [-0.05, 0) is 12.1 Å². The Bertz CT molecular complexity index is 1220. The molecule has 0 aliphatic carbocycles. The number of methoxy groups -OCH3 is 1. The van der Waals surface area contributed by atoms with E-state index in [2.05, 4.69) is 20.9 Å². The number of aliphatic carboxylic acids is 3. The van der Waals surface area contributed by atoms with Crippen molar-refractivity contribution >= 4 is 41.6 Å². The molecule has 1 aromatic heterocycles. The van der Waals surface area contributed by atoms with E-state index in [1.165, 1.54) is 19.4 Å². The summed E-state index contributed by atoms with van der Waals surface area (Å²) in [5.41, 5.74) is 0.866. The monoisotopic (exact) mass is 818 g/mol. The predicted molar refractivity (Wildman–Crippen MR) is 159 cm³/mol. The van der Waals surface area contributed by atoms with Crippen LogP contribution in [-0.4, -0.2) is 175 Å². The number of nitrogens with one attached hydrogen (secondary N) is 3. The van der Waals surface area contributed by atoms with Gasteiger partial charge in [0.25, 0.3) is 0 Å². The number of hydrogen-bond acceptors (Lipinski definition) is 14. The second-order valence-corrected chi connectivity index (χ2v) is 10.6. The number of aromatic nitrogens is 1. The fraction of sp³-hybridized carbons (Fsp3) is 0.571. The average Bonchev–Trinajstić information content (AvgIpc) is 3.02. The molecule has 0 spiro atoms. The van der Waals surface area contributed by atoms with E-state index in [1.807, 2.05) is 4.90 Å². The molecule has 1 aliphatic rings. The first-order chi connectivity index (χ1) is 22.3. The standard InChI is InChI=1S/C28H42N8O11.Eu/c1-47-28(46)20-2-3-29-21(12-20)16-33-4-6-34(17-22(37)30-13-25(40)41)8-10-36(19-24(39)32-15-27(44)45)11-9-35(7-5-33)18-23(38)31-14-26(42)43;/h2-3,12H,4-11,13-19H2,1H3,(H,30,37)(H,31,38)(H,32,39)(H,40,41)(H,42,43)(H,44,45);/q;+3/p-1. The summed E-state index contributed by atoms with van der Waals surface area (Å²) in [4.78, 5) is 93.9. The maximum atomic E-state index is 12.5. The van der Waals surface area contributed by atoms with Crippen LogP contribution in [0, 0.1) is 49.4 Å². The van der Waals surface area contributed by atoms with Gasteiger partial charge in [-0.2, -0.15) is 0 Å². The van der Waals surface area contributed by atoms with Crippen molar-refractivity contribution in [1.29, 1.82) is 0 Å². The molecule has 19 nitrogen and oxygen atoms in total. The van der Waals surface area contributed by atoms with Crippen molar-refractivity contribution in [2.45, 2.75) is 6.54 Å². The van der Waals surface area contributed by atoms with Crippen LogP contribution in [0.15, 0.2) is 18.3 Å². The third-order valence-electron chi connectivity index (χ3n) is 6.96. The summed E-state index contributed by atoms with van der Waals surface area (Å²) in [6.07, 6.45) is 1.48. The molecule has 1 fully saturated rings. The van der Waals surface area contributed by atoms with Crippen LogP contribution in [0.1, 0.15) is 16.1 Å². The molecule has 0 bridgehead atoms. The Balaban J connectivity index is 0.0000115. The summed E-state index contributed by atoms with van der Waals surface area (Å²) < 4.78 is 4.80.